The van der Waals surface area contributed by atoms with Crippen LogP contribution < -0.4 is 4.90 Å². The molecule has 3 rings (SSSR count). The first-order valence-electron chi connectivity index (χ1n) is 6.43. The van der Waals surface area contributed by atoms with Crippen LogP contribution in [-0.2, 0) is 4.79 Å². The van der Waals surface area contributed by atoms with Gasteiger partial charge in [0.05, 0.1) is 11.4 Å². The highest BCUT2D eigenvalue weighted by Gasteiger charge is 2.33. The standard InChI is InChI=1S/C14H14N4OS/c1-10(19)18(13-4-5-13)14-17-12(8-20-14)3-2-11-6-7-15-9-16-11/h2-3,6-9,13H,4-5H2,1H3/b3-2+. The number of rotatable bonds is 4. The fourth-order valence-corrected chi connectivity index (χ4v) is 2.82. The van der Waals surface area contributed by atoms with Crippen molar-refractivity contribution in [2.45, 2.75) is 25.8 Å². The van der Waals surface area contributed by atoms with E-state index >= 15 is 0 Å². The number of aromatic nitrogens is 3. The first-order chi connectivity index (χ1) is 9.74. The lowest BCUT2D eigenvalue weighted by molar-refractivity contribution is -0.116. The van der Waals surface area contributed by atoms with E-state index in [4.69, 9.17) is 0 Å². The van der Waals surface area contributed by atoms with Crippen molar-refractivity contribution in [1.29, 1.82) is 0 Å². The molecule has 2 heterocycles. The van der Waals surface area contributed by atoms with Crippen LogP contribution in [0.15, 0.2) is 24.0 Å². The highest BCUT2D eigenvalue weighted by Crippen LogP contribution is 2.33. The average molecular weight is 286 g/mol. The van der Waals surface area contributed by atoms with E-state index < -0.39 is 0 Å². The van der Waals surface area contributed by atoms with E-state index in [0.717, 1.165) is 29.4 Å². The maximum absolute atomic E-state index is 11.7. The van der Waals surface area contributed by atoms with Gasteiger partial charge in [0.2, 0.25) is 5.91 Å². The summed E-state index contributed by atoms with van der Waals surface area (Å²) in [5, 5.41) is 2.73. The minimum Gasteiger partial charge on any atom is -0.285 e. The topological polar surface area (TPSA) is 59.0 Å². The van der Waals surface area contributed by atoms with Gasteiger partial charge in [0, 0.05) is 24.5 Å². The second kappa shape index (κ2) is 5.50. The molecule has 20 heavy (non-hydrogen) atoms. The van der Waals surface area contributed by atoms with Crippen molar-refractivity contribution in [1.82, 2.24) is 15.0 Å². The summed E-state index contributed by atoms with van der Waals surface area (Å²) in [6, 6.07) is 2.17. The summed E-state index contributed by atoms with van der Waals surface area (Å²) in [5.41, 5.74) is 1.68. The first kappa shape index (κ1) is 12.9. The van der Waals surface area contributed by atoms with E-state index in [9.17, 15) is 4.79 Å². The average Bonchev–Trinajstić information content (AvgIpc) is 3.16. The predicted octanol–water partition coefficient (Wildman–Crippen LogP) is 2.62. The van der Waals surface area contributed by atoms with Gasteiger partial charge in [0.1, 0.15) is 6.33 Å². The molecule has 102 valence electrons. The fourth-order valence-electron chi connectivity index (χ4n) is 1.91. The van der Waals surface area contributed by atoms with Gasteiger partial charge < -0.3 is 0 Å². The maximum atomic E-state index is 11.7. The molecule has 1 saturated carbocycles. The molecule has 1 aliphatic carbocycles. The summed E-state index contributed by atoms with van der Waals surface area (Å²) in [4.78, 5) is 26.0. The van der Waals surface area contributed by atoms with Crippen molar-refractivity contribution < 1.29 is 4.79 Å². The van der Waals surface area contributed by atoms with Gasteiger partial charge in [-0.15, -0.1) is 11.3 Å². The summed E-state index contributed by atoms with van der Waals surface area (Å²) >= 11 is 1.50. The smallest absolute Gasteiger partial charge is 0.225 e. The van der Waals surface area contributed by atoms with Gasteiger partial charge >= 0.3 is 0 Å². The normalized spacial score (nSPS) is 14.7. The fraction of sp³-hybridized carbons (Fsp3) is 0.286. The Labute approximate surface area is 121 Å². The minimum absolute atomic E-state index is 0.0631. The van der Waals surface area contributed by atoms with Crippen LogP contribution in [0.4, 0.5) is 5.13 Å². The lowest BCUT2D eigenvalue weighted by Gasteiger charge is -2.16. The highest BCUT2D eigenvalue weighted by molar-refractivity contribution is 7.14. The molecule has 1 aliphatic rings. The summed E-state index contributed by atoms with van der Waals surface area (Å²) in [5.74, 6) is 0.0631. The lowest BCUT2D eigenvalue weighted by atomic mass is 10.3. The van der Waals surface area contributed by atoms with E-state index in [1.165, 1.54) is 17.7 Å². The molecule has 2 aromatic heterocycles. The summed E-state index contributed by atoms with van der Waals surface area (Å²) in [7, 11) is 0. The zero-order chi connectivity index (χ0) is 13.9. The summed E-state index contributed by atoms with van der Waals surface area (Å²) in [6.45, 7) is 1.59. The van der Waals surface area contributed by atoms with Crippen molar-refractivity contribution in [3.05, 3.63) is 35.4 Å². The Bertz CT molecular complexity index is 634. The molecule has 6 heteroatoms. The second-order valence-corrected chi connectivity index (χ2v) is 5.48. The quantitative estimate of drug-likeness (QED) is 0.867. The molecule has 0 radical (unpaired) electrons. The molecule has 0 saturated heterocycles. The minimum atomic E-state index is 0.0631. The third-order valence-corrected chi connectivity index (χ3v) is 3.86. The zero-order valence-corrected chi connectivity index (χ0v) is 11.9. The Morgan fingerprint density at radius 1 is 1.40 bits per heavy atom. The monoisotopic (exact) mass is 286 g/mol. The number of hydrogen-bond donors (Lipinski definition) is 0. The number of thiazole rings is 1. The molecule has 0 bridgehead atoms. The number of carbonyl (C=O) groups is 1. The molecule has 0 N–H and O–H groups in total. The molecule has 0 atom stereocenters. The van der Waals surface area contributed by atoms with Crippen molar-refractivity contribution in [2.75, 3.05) is 4.90 Å². The largest absolute Gasteiger partial charge is 0.285 e. The third kappa shape index (κ3) is 2.91. The first-order valence-corrected chi connectivity index (χ1v) is 7.31. The van der Waals surface area contributed by atoms with Gasteiger partial charge in [0.15, 0.2) is 5.13 Å². The Kier molecular flexibility index (Phi) is 3.56. The van der Waals surface area contributed by atoms with Crippen LogP contribution in [0.5, 0.6) is 0 Å². The molecule has 0 aliphatic heterocycles. The van der Waals surface area contributed by atoms with E-state index in [2.05, 4.69) is 15.0 Å². The summed E-state index contributed by atoms with van der Waals surface area (Å²) in [6.07, 6.45) is 9.14. The number of hydrogen-bond acceptors (Lipinski definition) is 5. The summed E-state index contributed by atoms with van der Waals surface area (Å²) < 4.78 is 0. The van der Waals surface area contributed by atoms with Crippen LogP contribution in [0.2, 0.25) is 0 Å². The van der Waals surface area contributed by atoms with Crippen LogP contribution >= 0.6 is 11.3 Å². The maximum Gasteiger partial charge on any atom is 0.225 e. The van der Waals surface area contributed by atoms with Gasteiger partial charge in [0.25, 0.3) is 0 Å². The molecule has 2 aromatic rings. The Balaban J connectivity index is 1.76. The Morgan fingerprint density at radius 2 is 2.20 bits per heavy atom. The van der Waals surface area contributed by atoms with Gasteiger partial charge in [-0.2, -0.15) is 0 Å². The Hall–Kier alpha value is -2.08. The van der Waals surface area contributed by atoms with Crippen LogP contribution in [0.25, 0.3) is 12.2 Å². The number of amides is 1. The third-order valence-electron chi connectivity index (χ3n) is 3.00. The van der Waals surface area contributed by atoms with Gasteiger partial charge in [-0.3, -0.25) is 9.69 Å². The van der Waals surface area contributed by atoms with E-state index in [-0.39, 0.29) is 5.91 Å². The molecule has 0 aromatic carbocycles. The Morgan fingerprint density at radius 3 is 2.85 bits per heavy atom. The van der Waals surface area contributed by atoms with E-state index in [1.54, 1.807) is 18.0 Å². The SMILES string of the molecule is CC(=O)N(c1nc(/C=C/c2ccncn2)cs1)C1CC1. The van der Waals surface area contributed by atoms with Crippen molar-refractivity contribution >= 4 is 34.5 Å². The molecule has 0 spiro atoms. The number of carbonyl (C=O) groups excluding carboxylic acids is 1. The van der Waals surface area contributed by atoms with Crippen LogP contribution in [-0.4, -0.2) is 26.9 Å². The predicted molar refractivity (Wildman–Crippen MR) is 79.3 cm³/mol. The van der Waals surface area contributed by atoms with Crippen LogP contribution in [0.1, 0.15) is 31.2 Å². The molecular weight excluding hydrogens is 272 g/mol. The molecule has 5 nitrogen and oxygen atoms in total. The second-order valence-electron chi connectivity index (χ2n) is 4.64. The molecular formula is C14H14N4OS. The molecule has 0 unspecified atom stereocenters. The van der Waals surface area contributed by atoms with Crippen LogP contribution in [0.3, 0.4) is 0 Å². The van der Waals surface area contributed by atoms with Crippen molar-refractivity contribution in [3.63, 3.8) is 0 Å². The zero-order valence-electron chi connectivity index (χ0n) is 11.1. The number of nitrogens with zero attached hydrogens (tertiary/aromatic N) is 4. The lowest BCUT2D eigenvalue weighted by Crippen LogP contribution is -2.30. The number of anilines is 1. The van der Waals surface area contributed by atoms with Gasteiger partial charge in [-0.05, 0) is 31.1 Å². The molecule has 1 fully saturated rings. The van der Waals surface area contributed by atoms with Gasteiger partial charge in [-0.1, -0.05) is 0 Å². The van der Waals surface area contributed by atoms with Crippen molar-refractivity contribution in [2.24, 2.45) is 0 Å². The van der Waals surface area contributed by atoms with E-state index in [1.807, 2.05) is 23.6 Å². The van der Waals surface area contributed by atoms with Crippen molar-refractivity contribution in [3.8, 4) is 0 Å². The molecule has 1 amide bonds. The van der Waals surface area contributed by atoms with Crippen LogP contribution in [0, 0.1) is 0 Å². The highest BCUT2D eigenvalue weighted by atomic mass is 32.1. The van der Waals surface area contributed by atoms with Gasteiger partial charge in [-0.25, -0.2) is 15.0 Å². The van der Waals surface area contributed by atoms with E-state index in [0.29, 0.717) is 6.04 Å².